The van der Waals surface area contributed by atoms with Crippen molar-refractivity contribution in [3.05, 3.63) is 11.5 Å². The van der Waals surface area contributed by atoms with Crippen molar-refractivity contribution < 1.29 is 9.53 Å². The third-order valence-electron chi connectivity index (χ3n) is 1.90. The summed E-state index contributed by atoms with van der Waals surface area (Å²) >= 11 is 0. The van der Waals surface area contributed by atoms with Crippen LogP contribution in [0.5, 0.6) is 0 Å². The van der Waals surface area contributed by atoms with Gasteiger partial charge in [-0.3, -0.25) is 4.79 Å². The van der Waals surface area contributed by atoms with Crippen molar-refractivity contribution in [1.29, 1.82) is 0 Å². The Balaban J connectivity index is 2.55. The number of likely N-dealkylation sites (N-methyl/N-ethyl adjacent to an activating group) is 1. The molecule has 0 aromatic heterocycles. The molecule has 0 spiro atoms. The molecular weight excluding hydrogens is 184 g/mol. The first-order chi connectivity index (χ1) is 6.69. The maximum atomic E-state index is 11.4. The Labute approximate surface area is 82.9 Å². The first kappa shape index (κ1) is 10.6. The second kappa shape index (κ2) is 4.71. The lowest BCUT2D eigenvalue weighted by atomic mass is 10.3. The highest BCUT2D eigenvalue weighted by atomic mass is 16.6. The lowest BCUT2D eigenvalue weighted by Crippen LogP contribution is -2.36. The maximum Gasteiger partial charge on any atom is 0.270 e. The topological polar surface area (TPSA) is 91.7 Å². The Bertz CT molecular complexity index is 248. The van der Waals surface area contributed by atoms with Gasteiger partial charge in [-0.15, -0.1) is 0 Å². The summed E-state index contributed by atoms with van der Waals surface area (Å²) in [7, 11) is 3.22. The van der Waals surface area contributed by atoms with Crippen molar-refractivity contribution in [1.82, 2.24) is 16.0 Å². The van der Waals surface area contributed by atoms with Crippen LogP contribution in [-0.2, 0) is 9.53 Å². The summed E-state index contributed by atoms with van der Waals surface area (Å²) < 4.78 is 5.01. The van der Waals surface area contributed by atoms with Gasteiger partial charge in [-0.25, -0.2) is 0 Å². The van der Waals surface area contributed by atoms with Crippen LogP contribution in [-0.4, -0.2) is 39.3 Å². The second-order valence-corrected chi connectivity index (χ2v) is 2.95. The lowest BCUT2D eigenvalue weighted by molar-refractivity contribution is -0.117. The van der Waals surface area contributed by atoms with E-state index in [2.05, 4.69) is 16.0 Å². The lowest BCUT2D eigenvalue weighted by Gasteiger charge is -2.11. The van der Waals surface area contributed by atoms with Gasteiger partial charge in [0.2, 0.25) is 0 Å². The average molecular weight is 200 g/mol. The highest BCUT2D eigenvalue weighted by Gasteiger charge is 2.23. The molecule has 14 heavy (non-hydrogen) atoms. The van der Waals surface area contributed by atoms with Crippen LogP contribution in [0.4, 0.5) is 0 Å². The first-order valence-corrected chi connectivity index (χ1v) is 4.44. The minimum absolute atomic E-state index is 0.208. The van der Waals surface area contributed by atoms with Gasteiger partial charge in [0.25, 0.3) is 5.91 Å². The number of carbonyl (C=O) groups excluding carboxylic acids is 1. The van der Waals surface area contributed by atoms with Crippen LogP contribution in [0.15, 0.2) is 11.5 Å². The summed E-state index contributed by atoms with van der Waals surface area (Å²) in [5, 5.41) is 8.16. The predicted octanol–water partition coefficient (Wildman–Crippen LogP) is -1.93. The third-order valence-corrected chi connectivity index (χ3v) is 1.90. The fraction of sp³-hybridized carbons (Fsp3) is 0.625. The Morgan fingerprint density at radius 2 is 2.14 bits per heavy atom. The molecule has 6 nitrogen and oxygen atoms in total. The minimum atomic E-state index is -0.238. The molecule has 1 fully saturated rings. The number of carbonyl (C=O) groups is 1. The molecule has 1 heterocycles. The van der Waals surface area contributed by atoms with Crippen molar-refractivity contribution in [2.45, 2.75) is 6.10 Å². The van der Waals surface area contributed by atoms with E-state index >= 15 is 0 Å². The monoisotopic (exact) mass is 200 g/mol. The zero-order chi connectivity index (χ0) is 10.6. The Morgan fingerprint density at radius 1 is 1.50 bits per heavy atom. The molecule has 1 saturated heterocycles. The SMILES string of the molecule is CNC(=O)/C(NCC1CO1)=C(/N)NC. The van der Waals surface area contributed by atoms with Crippen LogP contribution in [0.25, 0.3) is 0 Å². The van der Waals surface area contributed by atoms with Gasteiger partial charge in [0.15, 0.2) is 0 Å². The maximum absolute atomic E-state index is 11.4. The fourth-order valence-electron chi connectivity index (χ4n) is 0.950. The van der Waals surface area contributed by atoms with Crippen LogP contribution < -0.4 is 21.7 Å². The van der Waals surface area contributed by atoms with E-state index in [9.17, 15) is 4.79 Å². The van der Waals surface area contributed by atoms with E-state index < -0.39 is 0 Å². The van der Waals surface area contributed by atoms with Gasteiger partial charge in [0.05, 0.1) is 12.7 Å². The van der Waals surface area contributed by atoms with Crippen LogP contribution in [0.1, 0.15) is 0 Å². The minimum Gasteiger partial charge on any atom is -0.384 e. The highest BCUT2D eigenvalue weighted by Crippen LogP contribution is 2.07. The van der Waals surface area contributed by atoms with Crippen molar-refractivity contribution in [3.8, 4) is 0 Å². The zero-order valence-corrected chi connectivity index (χ0v) is 8.39. The smallest absolute Gasteiger partial charge is 0.270 e. The predicted molar refractivity (Wildman–Crippen MR) is 52.1 cm³/mol. The molecule has 1 rings (SSSR count). The van der Waals surface area contributed by atoms with Gasteiger partial charge in [-0.2, -0.15) is 0 Å². The molecule has 1 aliphatic heterocycles. The van der Waals surface area contributed by atoms with Gasteiger partial charge in [-0.05, 0) is 0 Å². The highest BCUT2D eigenvalue weighted by molar-refractivity contribution is 5.93. The molecule has 0 aromatic rings. The Morgan fingerprint density at radius 3 is 2.57 bits per heavy atom. The Kier molecular flexibility index (Phi) is 3.58. The summed E-state index contributed by atoms with van der Waals surface area (Å²) in [6.07, 6.45) is 0.208. The van der Waals surface area contributed by atoms with Gasteiger partial charge in [0, 0.05) is 20.6 Å². The molecule has 1 unspecified atom stereocenters. The molecule has 0 bridgehead atoms. The molecule has 1 aliphatic rings. The molecule has 0 aliphatic carbocycles. The molecule has 0 saturated carbocycles. The summed E-state index contributed by atoms with van der Waals surface area (Å²) in [5.41, 5.74) is 5.96. The number of hydrogen-bond donors (Lipinski definition) is 4. The summed E-state index contributed by atoms with van der Waals surface area (Å²) in [6.45, 7) is 1.35. The quantitative estimate of drug-likeness (QED) is 0.306. The van der Waals surface area contributed by atoms with E-state index in [0.717, 1.165) is 6.61 Å². The van der Waals surface area contributed by atoms with Crippen molar-refractivity contribution in [3.63, 3.8) is 0 Å². The van der Waals surface area contributed by atoms with Gasteiger partial charge >= 0.3 is 0 Å². The van der Waals surface area contributed by atoms with Crippen LogP contribution in [0.2, 0.25) is 0 Å². The molecule has 1 atom stereocenters. The van der Waals surface area contributed by atoms with E-state index in [1.165, 1.54) is 0 Å². The largest absolute Gasteiger partial charge is 0.384 e. The van der Waals surface area contributed by atoms with Crippen molar-refractivity contribution in [2.24, 2.45) is 5.73 Å². The van der Waals surface area contributed by atoms with E-state index in [1.54, 1.807) is 14.1 Å². The second-order valence-electron chi connectivity index (χ2n) is 2.95. The van der Waals surface area contributed by atoms with E-state index in [4.69, 9.17) is 10.5 Å². The number of ether oxygens (including phenoxy) is 1. The summed E-state index contributed by atoms with van der Waals surface area (Å²) in [6, 6.07) is 0. The molecular formula is C8H16N4O2. The first-order valence-electron chi connectivity index (χ1n) is 4.44. The number of epoxide rings is 1. The average Bonchev–Trinajstić information content (AvgIpc) is 3.00. The van der Waals surface area contributed by atoms with Gasteiger partial charge in [0.1, 0.15) is 11.5 Å². The van der Waals surface area contributed by atoms with Crippen molar-refractivity contribution in [2.75, 3.05) is 27.2 Å². The standard InChI is InChI=1S/C8H16N4O2/c1-10-7(9)6(8(13)11-2)12-3-5-4-14-5/h5,10,12H,3-4,9H2,1-2H3,(H,11,13)/b7-6+. The van der Waals surface area contributed by atoms with Gasteiger partial charge in [-0.1, -0.05) is 0 Å². The Hall–Kier alpha value is -1.43. The summed E-state index contributed by atoms with van der Waals surface area (Å²) in [4.78, 5) is 11.4. The van der Waals surface area contributed by atoms with Gasteiger partial charge < -0.3 is 26.4 Å². The summed E-state index contributed by atoms with van der Waals surface area (Å²) in [5.74, 6) is 0.0856. The molecule has 1 amide bonds. The number of rotatable bonds is 5. The number of nitrogens with two attached hydrogens (primary N) is 1. The molecule has 80 valence electrons. The van der Waals surface area contributed by atoms with E-state index in [0.29, 0.717) is 18.1 Å². The number of hydrogen-bond acceptors (Lipinski definition) is 5. The number of amides is 1. The molecule has 0 aromatic carbocycles. The van der Waals surface area contributed by atoms with Crippen LogP contribution >= 0.6 is 0 Å². The molecule has 6 heteroatoms. The van der Waals surface area contributed by atoms with Crippen LogP contribution in [0.3, 0.4) is 0 Å². The normalized spacial score (nSPS) is 20.9. The third kappa shape index (κ3) is 2.81. The zero-order valence-electron chi connectivity index (χ0n) is 8.39. The number of nitrogens with one attached hydrogen (secondary N) is 3. The molecule has 5 N–H and O–H groups in total. The van der Waals surface area contributed by atoms with Crippen LogP contribution in [0, 0.1) is 0 Å². The van der Waals surface area contributed by atoms with Crippen molar-refractivity contribution >= 4 is 5.91 Å². The van der Waals surface area contributed by atoms with E-state index in [1.807, 2.05) is 0 Å². The molecule has 0 radical (unpaired) electrons. The fourth-order valence-corrected chi connectivity index (χ4v) is 0.950. The van der Waals surface area contributed by atoms with E-state index in [-0.39, 0.29) is 12.0 Å².